The van der Waals surface area contributed by atoms with Crippen LogP contribution in [0.4, 0.5) is 5.69 Å². The number of carbonyl (C=O) groups excluding carboxylic acids is 1. The molecule has 2 aromatic heterocycles. The first-order valence-electron chi connectivity index (χ1n) is 5.12. The van der Waals surface area contributed by atoms with Gasteiger partial charge in [0.2, 0.25) is 0 Å². The van der Waals surface area contributed by atoms with E-state index in [1.807, 2.05) is 13.0 Å². The van der Waals surface area contributed by atoms with Crippen LogP contribution in [0.25, 0.3) is 0 Å². The van der Waals surface area contributed by atoms with Gasteiger partial charge in [-0.25, -0.2) is 9.97 Å². The summed E-state index contributed by atoms with van der Waals surface area (Å²) in [5, 5.41) is 3.00. The minimum absolute atomic E-state index is 0.267. The summed E-state index contributed by atoms with van der Waals surface area (Å²) in [5.41, 5.74) is 1.82. The third-order valence-electron chi connectivity index (χ3n) is 2.22. The van der Waals surface area contributed by atoms with Gasteiger partial charge < -0.3 is 5.32 Å². The highest BCUT2D eigenvalue weighted by atomic mass is 79.9. The summed E-state index contributed by atoms with van der Waals surface area (Å²) in [6.07, 6.45) is 1.57. The molecule has 0 spiro atoms. The Labute approximate surface area is 118 Å². The van der Waals surface area contributed by atoms with Gasteiger partial charge in [0, 0.05) is 0 Å². The Morgan fingerprint density at radius 3 is 2.89 bits per heavy atom. The fourth-order valence-electron chi connectivity index (χ4n) is 1.36. The van der Waals surface area contributed by atoms with Gasteiger partial charge in [-0.15, -0.1) is 0 Å². The summed E-state index contributed by atoms with van der Waals surface area (Å²) in [6, 6.07) is 6.71. The van der Waals surface area contributed by atoms with Gasteiger partial charge >= 0.3 is 0 Å². The van der Waals surface area contributed by atoms with Crippen LogP contribution < -0.4 is 5.32 Å². The second-order valence-electron chi connectivity index (χ2n) is 3.63. The summed E-state index contributed by atoms with van der Waals surface area (Å²) in [7, 11) is 0. The number of anilines is 1. The number of nitrogens with one attached hydrogen (secondary N) is 1. The van der Waals surface area contributed by atoms with Gasteiger partial charge in [-0.3, -0.25) is 4.79 Å². The SMILES string of the molecule is Cc1cc(NC(=O)c2cccc(Cl)n2)cnc1Br. The first kappa shape index (κ1) is 13.0. The molecule has 0 bridgehead atoms. The number of aromatic nitrogens is 2. The summed E-state index contributed by atoms with van der Waals surface area (Å²) in [4.78, 5) is 19.9. The fourth-order valence-corrected chi connectivity index (χ4v) is 1.74. The largest absolute Gasteiger partial charge is 0.319 e. The van der Waals surface area contributed by atoms with E-state index in [1.54, 1.807) is 24.4 Å². The Balaban J connectivity index is 2.18. The fraction of sp³-hybridized carbons (Fsp3) is 0.0833. The first-order valence-corrected chi connectivity index (χ1v) is 6.29. The maximum atomic E-state index is 11.9. The average molecular weight is 327 g/mol. The molecule has 4 nitrogen and oxygen atoms in total. The van der Waals surface area contributed by atoms with Crippen molar-refractivity contribution >= 4 is 39.1 Å². The molecule has 18 heavy (non-hydrogen) atoms. The molecule has 0 saturated carbocycles. The van der Waals surface area contributed by atoms with Crippen molar-refractivity contribution in [2.75, 3.05) is 5.32 Å². The topological polar surface area (TPSA) is 54.9 Å². The van der Waals surface area contributed by atoms with Gasteiger partial charge in [0.15, 0.2) is 0 Å². The van der Waals surface area contributed by atoms with E-state index in [1.165, 1.54) is 0 Å². The molecule has 0 fully saturated rings. The number of hydrogen-bond acceptors (Lipinski definition) is 3. The van der Waals surface area contributed by atoms with Gasteiger partial charge in [-0.05, 0) is 46.6 Å². The Kier molecular flexibility index (Phi) is 3.93. The average Bonchev–Trinajstić information content (AvgIpc) is 2.34. The van der Waals surface area contributed by atoms with E-state index >= 15 is 0 Å². The molecule has 0 aromatic carbocycles. The van der Waals surface area contributed by atoms with Crippen molar-refractivity contribution in [2.45, 2.75) is 6.92 Å². The lowest BCUT2D eigenvalue weighted by Gasteiger charge is -2.06. The molecule has 2 aromatic rings. The molecule has 0 aliphatic rings. The molecule has 0 radical (unpaired) electrons. The van der Waals surface area contributed by atoms with Crippen LogP contribution >= 0.6 is 27.5 Å². The monoisotopic (exact) mass is 325 g/mol. The molecule has 0 saturated heterocycles. The number of hydrogen-bond donors (Lipinski definition) is 1. The molecule has 6 heteroatoms. The standard InChI is InChI=1S/C12H9BrClN3O/c1-7-5-8(6-15-11(7)13)16-12(18)9-3-2-4-10(14)17-9/h2-6H,1H3,(H,16,18). The third kappa shape index (κ3) is 3.05. The molecular weight excluding hydrogens is 318 g/mol. The predicted octanol–water partition coefficient (Wildman–Crippen LogP) is 3.45. The zero-order valence-electron chi connectivity index (χ0n) is 9.45. The van der Waals surface area contributed by atoms with Crippen molar-refractivity contribution in [1.29, 1.82) is 0 Å². The van der Waals surface area contributed by atoms with Crippen molar-refractivity contribution in [3.8, 4) is 0 Å². The number of rotatable bonds is 2. The number of amides is 1. The quantitative estimate of drug-likeness (QED) is 0.860. The van der Waals surface area contributed by atoms with Crippen molar-refractivity contribution in [3.63, 3.8) is 0 Å². The van der Waals surface area contributed by atoms with Gasteiger partial charge in [0.25, 0.3) is 5.91 Å². The van der Waals surface area contributed by atoms with Gasteiger partial charge in [-0.1, -0.05) is 17.7 Å². The van der Waals surface area contributed by atoms with E-state index in [-0.39, 0.29) is 16.8 Å². The summed E-state index contributed by atoms with van der Waals surface area (Å²) in [6.45, 7) is 1.89. The van der Waals surface area contributed by atoms with Crippen molar-refractivity contribution in [2.24, 2.45) is 0 Å². The van der Waals surface area contributed by atoms with Crippen LogP contribution in [0.3, 0.4) is 0 Å². The van der Waals surface area contributed by atoms with E-state index in [0.29, 0.717) is 5.69 Å². The lowest BCUT2D eigenvalue weighted by Crippen LogP contribution is -2.13. The molecule has 0 aliphatic heterocycles. The van der Waals surface area contributed by atoms with Crippen LogP contribution in [-0.2, 0) is 0 Å². The Morgan fingerprint density at radius 2 is 2.22 bits per heavy atom. The number of pyridine rings is 2. The van der Waals surface area contributed by atoms with Gasteiger partial charge in [0.1, 0.15) is 15.5 Å². The molecule has 1 N–H and O–H groups in total. The van der Waals surface area contributed by atoms with E-state index in [9.17, 15) is 4.79 Å². The van der Waals surface area contributed by atoms with Crippen LogP contribution in [-0.4, -0.2) is 15.9 Å². The molecule has 2 heterocycles. The number of carbonyl (C=O) groups is 1. The normalized spacial score (nSPS) is 10.2. The maximum Gasteiger partial charge on any atom is 0.274 e. The Hall–Kier alpha value is -1.46. The summed E-state index contributed by atoms with van der Waals surface area (Å²) < 4.78 is 0.751. The van der Waals surface area contributed by atoms with Crippen LogP contribution in [0.5, 0.6) is 0 Å². The zero-order valence-corrected chi connectivity index (χ0v) is 11.8. The van der Waals surface area contributed by atoms with Crippen molar-refractivity contribution in [1.82, 2.24) is 9.97 Å². The van der Waals surface area contributed by atoms with Crippen molar-refractivity contribution < 1.29 is 4.79 Å². The molecule has 92 valence electrons. The molecule has 0 aliphatic carbocycles. The highest BCUT2D eigenvalue weighted by Gasteiger charge is 2.08. The zero-order chi connectivity index (χ0) is 13.1. The first-order chi connectivity index (χ1) is 8.56. The van der Waals surface area contributed by atoms with Crippen LogP contribution in [0.2, 0.25) is 5.15 Å². The molecule has 0 atom stereocenters. The van der Waals surface area contributed by atoms with E-state index in [2.05, 4.69) is 31.2 Å². The highest BCUT2D eigenvalue weighted by Crippen LogP contribution is 2.17. The van der Waals surface area contributed by atoms with E-state index in [4.69, 9.17) is 11.6 Å². The number of aryl methyl sites for hydroxylation is 1. The number of nitrogens with zero attached hydrogens (tertiary/aromatic N) is 2. The lowest BCUT2D eigenvalue weighted by molar-refractivity contribution is 0.102. The molecular formula is C12H9BrClN3O. The van der Waals surface area contributed by atoms with Crippen LogP contribution in [0, 0.1) is 6.92 Å². The number of halogens is 2. The summed E-state index contributed by atoms with van der Waals surface area (Å²) in [5.74, 6) is -0.318. The van der Waals surface area contributed by atoms with E-state index < -0.39 is 0 Å². The Morgan fingerprint density at radius 1 is 1.44 bits per heavy atom. The Bertz CT molecular complexity index is 604. The van der Waals surface area contributed by atoms with E-state index in [0.717, 1.165) is 10.2 Å². The molecule has 1 amide bonds. The smallest absolute Gasteiger partial charge is 0.274 e. The minimum Gasteiger partial charge on any atom is -0.319 e. The maximum absolute atomic E-state index is 11.9. The van der Waals surface area contributed by atoms with Crippen LogP contribution in [0.15, 0.2) is 35.1 Å². The molecule has 0 unspecified atom stereocenters. The van der Waals surface area contributed by atoms with Crippen molar-refractivity contribution in [3.05, 3.63) is 51.5 Å². The third-order valence-corrected chi connectivity index (χ3v) is 3.26. The minimum atomic E-state index is -0.318. The van der Waals surface area contributed by atoms with Gasteiger partial charge in [-0.2, -0.15) is 0 Å². The second-order valence-corrected chi connectivity index (χ2v) is 4.77. The van der Waals surface area contributed by atoms with Gasteiger partial charge in [0.05, 0.1) is 11.9 Å². The molecule has 2 rings (SSSR count). The predicted molar refractivity (Wildman–Crippen MR) is 73.9 cm³/mol. The summed E-state index contributed by atoms with van der Waals surface area (Å²) >= 11 is 9.02. The van der Waals surface area contributed by atoms with Crippen LogP contribution in [0.1, 0.15) is 16.1 Å². The lowest BCUT2D eigenvalue weighted by atomic mass is 10.3. The highest BCUT2D eigenvalue weighted by molar-refractivity contribution is 9.10. The second kappa shape index (κ2) is 5.46.